The number of hydrogen-bond acceptors (Lipinski definition) is 5. The van der Waals surface area contributed by atoms with Crippen LogP contribution in [-0.2, 0) is 11.3 Å². The smallest absolute Gasteiger partial charge is 0.320 e. The topological polar surface area (TPSA) is 77.0 Å². The number of methoxy groups -OCH3 is 1. The van der Waals surface area contributed by atoms with Crippen LogP contribution < -0.4 is 19.5 Å². The van der Waals surface area contributed by atoms with Gasteiger partial charge in [0.15, 0.2) is 11.5 Å². The molecule has 2 N–H and O–H groups in total. The number of carbonyl (C=O) groups is 1. The second-order valence-electron chi connectivity index (χ2n) is 5.43. The molecule has 6 heteroatoms. The molecule has 0 radical (unpaired) electrons. The summed E-state index contributed by atoms with van der Waals surface area (Å²) < 4.78 is 16.0. The zero-order chi connectivity index (χ0) is 15.4. The number of ether oxygens (including phenoxy) is 3. The van der Waals surface area contributed by atoms with E-state index in [0.717, 1.165) is 5.56 Å². The fourth-order valence-corrected chi connectivity index (χ4v) is 2.27. The van der Waals surface area contributed by atoms with Crippen molar-refractivity contribution in [1.29, 1.82) is 0 Å². The summed E-state index contributed by atoms with van der Waals surface area (Å²) in [5.41, 5.74) is 0.895. The van der Waals surface area contributed by atoms with E-state index in [9.17, 15) is 9.90 Å². The van der Waals surface area contributed by atoms with E-state index < -0.39 is 12.0 Å². The first-order valence-electron chi connectivity index (χ1n) is 6.94. The Morgan fingerprint density at radius 2 is 2.19 bits per heavy atom. The largest absolute Gasteiger partial charge is 0.493 e. The highest BCUT2D eigenvalue weighted by Gasteiger charge is 2.22. The number of aliphatic carboxylic acids is 1. The quantitative estimate of drug-likeness (QED) is 0.801. The molecule has 0 amide bonds. The molecule has 1 aromatic carbocycles. The average Bonchev–Trinajstić information content (AvgIpc) is 2.90. The van der Waals surface area contributed by atoms with E-state index in [1.54, 1.807) is 7.11 Å². The second-order valence-corrected chi connectivity index (χ2v) is 5.43. The molecule has 1 aliphatic rings. The molecule has 0 bridgehead atoms. The fourth-order valence-electron chi connectivity index (χ4n) is 2.27. The van der Waals surface area contributed by atoms with Crippen molar-refractivity contribution < 1.29 is 24.1 Å². The predicted molar refractivity (Wildman–Crippen MR) is 76.8 cm³/mol. The van der Waals surface area contributed by atoms with E-state index in [1.165, 1.54) is 0 Å². The number of benzene rings is 1. The van der Waals surface area contributed by atoms with Gasteiger partial charge in [-0.15, -0.1) is 0 Å². The van der Waals surface area contributed by atoms with Crippen LogP contribution in [0.5, 0.6) is 17.2 Å². The predicted octanol–water partition coefficient (Wildman–Crippen LogP) is 2.01. The van der Waals surface area contributed by atoms with Crippen LogP contribution in [0.4, 0.5) is 0 Å². The fraction of sp³-hybridized carbons (Fsp3) is 0.533. The maximum absolute atomic E-state index is 11.2. The molecule has 116 valence electrons. The highest BCUT2D eigenvalue weighted by atomic mass is 16.7. The lowest BCUT2D eigenvalue weighted by Gasteiger charge is -2.17. The zero-order valence-corrected chi connectivity index (χ0v) is 12.5. The van der Waals surface area contributed by atoms with E-state index in [2.05, 4.69) is 5.32 Å². The minimum Gasteiger partial charge on any atom is -0.493 e. The second kappa shape index (κ2) is 6.67. The van der Waals surface area contributed by atoms with Crippen LogP contribution in [0.1, 0.15) is 25.8 Å². The lowest BCUT2D eigenvalue weighted by atomic mass is 10.0. The van der Waals surface area contributed by atoms with E-state index in [0.29, 0.717) is 36.1 Å². The monoisotopic (exact) mass is 295 g/mol. The van der Waals surface area contributed by atoms with Gasteiger partial charge in [-0.2, -0.15) is 0 Å². The number of fused-ring (bicyclic) bond motifs is 1. The summed E-state index contributed by atoms with van der Waals surface area (Å²) in [4.78, 5) is 11.2. The number of nitrogens with one attached hydrogen (secondary N) is 1. The van der Waals surface area contributed by atoms with E-state index >= 15 is 0 Å². The maximum Gasteiger partial charge on any atom is 0.320 e. The number of carboxylic acid groups (broad SMARTS) is 1. The third kappa shape index (κ3) is 3.78. The third-order valence-corrected chi connectivity index (χ3v) is 3.28. The van der Waals surface area contributed by atoms with Crippen LogP contribution in [0.3, 0.4) is 0 Å². The van der Waals surface area contributed by atoms with Crippen molar-refractivity contribution in [2.75, 3.05) is 13.9 Å². The minimum atomic E-state index is -0.837. The Morgan fingerprint density at radius 3 is 2.81 bits per heavy atom. The van der Waals surface area contributed by atoms with Crippen molar-refractivity contribution in [2.24, 2.45) is 5.92 Å². The molecule has 0 spiro atoms. The van der Waals surface area contributed by atoms with Gasteiger partial charge in [-0.1, -0.05) is 13.8 Å². The van der Waals surface area contributed by atoms with E-state index in [1.807, 2.05) is 26.0 Å². The standard InChI is InChI=1S/C15H21NO5/c1-9(2)4-11(15(17)18)16-7-10-5-12(19-3)14-13(6-10)20-8-21-14/h5-6,9,11,16H,4,7-8H2,1-3H3,(H,17,18). The van der Waals surface area contributed by atoms with Crippen LogP contribution in [0.2, 0.25) is 0 Å². The number of carboxylic acids is 1. The summed E-state index contributed by atoms with van der Waals surface area (Å²) in [6.07, 6.45) is 0.580. The van der Waals surface area contributed by atoms with Crippen LogP contribution in [0, 0.1) is 5.92 Å². The first-order valence-corrected chi connectivity index (χ1v) is 6.94. The lowest BCUT2D eigenvalue weighted by molar-refractivity contribution is -0.140. The lowest BCUT2D eigenvalue weighted by Crippen LogP contribution is -2.37. The van der Waals surface area contributed by atoms with Gasteiger partial charge >= 0.3 is 5.97 Å². The van der Waals surface area contributed by atoms with Gasteiger partial charge in [0, 0.05) is 6.54 Å². The molecule has 0 saturated heterocycles. The highest BCUT2D eigenvalue weighted by Crippen LogP contribution is 2.41. The summed E-state index contributed by atoms with van der Waals surface area (Å²) in [5.74, 6) is 1.29. The van der Waals surface area contributed by atoms with Crippen molar-refractivity contribution in [3.63, 3.8) is 0 Å². The first-order chi connectivity index (χ1) is 10.0. The van der Waals surface area contributed by atoms with Gasteiger partial charge in [-0.05, 0) is 30.0 Å². The summed E-state index contributed by atoms with van der Waals surface area (Å²) in [6, 6.07) is 3.10. The molecule has 1 atom stereocenters. The molecule has 0 fully saturated rings. The molecule has 1 unspecified atom stereocenters. The van der Waals surface area contributed by atoms with Crippen LogP contribution in [-0.4, -0.2) is 31.0 Å². The Morgan fingerprint density at radius 1 is 1.43 bits per heavy atom. The molecule has 6 nitrogen and oxygen atoms in total. The highest BCUT2D eigenvalue weighted by molar-refractivity contribution is 5.73. The Kier molecular flexibility index (Phi) is 4.90. The Labute approximate surface area is 124 Å². The van der Waals surface area contributed by atoms with Gasteiger partial charge in [-0.25, -0.2) is 0 Å². The molecule has 1 aliphatic heterocycles. The first kappa shape index (κ1) is 15.4. The van der Waals surface area contributed by atoms with Gasteiger partial charge in [-0.3, -0.25) is 4.79 Å². The number of hydrogen-bond donors (Lipinski definition) is 2. The van der Waals surface area contributed by atoms with Crippen molar-refractivity contribution in [3.05, 3.63) is 17.7 Å². The van der Waals surface area contributed by atoms with Gasteiger partial charge in [0.25, 0.3) is 0 Å². The third-order valence-electron chi connectivity index (χ3n) is 3.28. The molecule has 0 aromatic heterocycles. The Hall–Kier alpha value is -1.95. The molecular weight excluding hydrogens is 274 g/mol. The molecule has 1 heterocycles. The van der Waals surface area contributed by atoms with Crippen molar-refractivity contribution in [1.82, 2.24) is 5.32 Å². The molecule has 2 rings (SSSR count). The Bertz CT molecular complexity index is 515. The van der Waals surface area contributed by atoms with Crippen molar-refractivity contribution >= 4 is 5.97 Å². The molecule has 0 saturated carbocycles. The SMILES string of the molecule is COc1cc(CNC(CC(C)C)C(=O)O)cc2c1OCO2. The summed E-state index contributed by atoms with van der Waals surface area (Å²) in [7, 11) is 1.56. The molecular formula is C15H21NO5. The molecule has 21 heavy (non-hydrogen) atoms. The maximum atomic E-state index is 11.2. The van der Waals surface area contributed by atoms with E-state index in [4.69, 9.17) is 14.2 Å². The average molecular weight is 295 g/mol. The van der Waals surface area contributed by atoms with Crippen molar-refractivity contribution in [3.8, 4) is 17.2 Å². The summed E-state index contributed by atoms with van der Waals surface area (Å²) in [6.45, 7) is 4.60. The van der Waals surface area contributed by atoms with Gasteiger partial charge in [0.2, 0.25) is 12.5 Å². The van der Waals surface area contributed by atoms with Gasteiger partial charge < -0.3 is 24.6 Å². The Balaban J connectivity index is 2.07. The normalized spacial score (nSPS) is 14.3. The van der Waals surface area contributed by atoms with Gasteiger partial charge in [0.1, 0.15) is 6.04 Å². The summed E-state index contributed by atoms with van der Waals surface area (Å²) in [5, 5.41) is 12.3. The summed E-state index contributed by atoms with van der Waals surface area (Å²) >= 11 is 0. The zero-order valence-electron chi connectivity index (χ0n) is 12.5. The van der Waals surface area contributed by atoms with Crippen molar-refractivity contribution in [2.45, 2.75) is 32.9 Å². The number of rotatable bonds is 7. The van der Waals surface area contributed by atoms with Crippen LogP contribution in [0.15, 0.2) is 12.1 Å². The molecule has 1 aromatic rings. The van der Waals surface area contributed by atoms with Crippen LogP contribution >= 0.6 is 0 Å². The minimum absolute atomic E-state index is 0.174. The molecule has 0 aliphatic carbocycles. The van der Waals surface area contributed by atoms with Crippen LogP contribution in [0.25, 0.3) is 0 Å². The van der Waals surface area contributed by atoms with Gasteiger partial charge in [0.05, 0.1) is 7.11 Å². The van der Waals surface area contributed by atoms with E-state index in [-0.39, 0.29) is 6.79 Å².